The van der Waals surface area contributed by atoms with Gasteiger partial charge in [0, 0.05) is 68.2 Å². The van der Waals surface area contributed by atoms with Crippen LogP contribution in [0.25, 0.3) is 22.1 Å². The smallest absolute Gasteiger partial charge is 0.229 e. The van der Waals surface area contributed by atoms with Crippen molar-refractivity contribution in [2.24, 2.45) is 14.1 Å². The van der Waals surface area contributed by atoms with Crippen LogP contribution in [0.5, 0.6) is 0 Å². The van der Waals surface area contributed by atoms with Crippen LogP contribution in [0, 0.1) is 27.7 Å². The van der Waals surface area contributed by atoms with Crippen LogP contribution in [-0.2, 0) is 42.8 Å². The van der Waals surface area contributed by atoms with Crippen molar-refractivity contribution in [1.82, 2.24) is 49.7 Å². The third-order valence-corrected chi connectivity index (χ3v) is 13.3. The largest absolute Gasteiger partial charge is 0.338 e. The number of aryl methyl sites for hydroxylation is 6. The summed E-state index contributed by atoms with van der Waals surface area (Å²) in [6.07, 6.45) is 5.53. The molecule has 0 bridgehead atoms. The number of nitrogens with zero attached hydrogens (tertiary/aromatic N) is 9. The summed E-state index contributed by atoms with van der Waals surface area (Å²) in [5.41, 5.74) is 14.8. The topological polar surface area (TPSA) is 168 Å². The first-order chi connectivity index (χ1) is 32.0. The first kappa shape index (κ1) is 44.8. The van der Waals surface area contributed by atoms with E-state index >= 15 is 0 Å². The maximum atomic E-state index is 12.2. The molecule has 6 heterocycles. The zero-order valence-electron chi connectivity index (χ0n) is 40.3. The minimum absolute atomic E-state index is 0.0492. The van der Waals surface area contributed by atoms with Gasteiger partial charge < -0.3 is 31.5 Å². The lowest BCUT2D eigenvalue weighted by atomic mass is 9.83. The van der Waals surface area contributed by atoms with Gasteiger partial charge in [-0.2, -0.15) is 20.2 Å². The molecule has 0 saturated carbocycles. The van der Waals surface area contributed by atoms with E-state index in [4.69, 9.17) is 9.97 Å². The van der Waals surface area contributed by atoms with E-state index in [1.807, 2.05) is 37.3 Å². The molecule has 5 N–H and O–H groups in total. The molecule has 15 heteroatoms. The van der Waals surface area contributed by atoms with Crippen molar-refractivity contribution >= 4 is 74.3 Å². The summed E-state index contributed by atoms with van der Waals surface area (Å²) in [6.45, 7) is 20.3. The number of rotatable bonds is 8. The number of para-hydroxylation sites is 2. The molecule has 0 spiro atoms. The van der Waals surface area contributed by atoms with E-state index in [-0.39, 0.29) is 17.0 Å². The Labute approximate surface area is 391 Å². The van der Waals surface area contributed by atoms with Gasteiger partial charge in [0.1, 0.15) is 0 Å². The highest BCUT2D eigenvalue weighted by Gasteiger charge is 2.36. The van der Waals surface area contributed by atoms with Gasteiger partial charge in [0.15, 0.2) is 22.9 Å². The number of carbonyl (C=O) groups excluding carboxylic acids is 1. The van der Waals surface area contributed by atoms with Crippen molar-refractivity contribution in [2.45, 2.75) is 86.2 Å². The minimum Gasteiger partial charge on any atom is -0.338 e. The maximum Gasteiger partial charge on any atom is 0.229 e. The third kappa shape index (κ3) is 8.74. The van der Waals surface area contributed by atoms with Crippen LogP contribution in [0.1, 0.15) is 79.1 Å². The molecule has 0 fully saturated rings. The lowest BCUT2D eigenvalue weighted by Crippen LogP contribution is -2.49. The summed E-state index contributed by atoms with van der Waals surface area (Å²) in [5.74, 6) is 2.63. The molecule has 8 aromatic rings. The van der Waals surface area contributed by atoms with Crippen LogP contribution in [-0.4, -0.2) is 63.4 Å². The first-order valence-corrected chi connectivity index (χ1v) is 22.9. The lowest BCUT2D eigenvalue weighted by Gasteiger charge is -2.43. The van der Waals surface area contributed by atoms with E-state index in [1.54, 1.807) is 22.5 Å². The lowest BCUT2D eigenvalue weighted by molar-refractivity contribution is -0.135. The molecule has 0 radical (unpaired) electrons. The summed E-state index contributed by atoms with van der Waals surface area (Å²) in [6, 6.07) is 25.2. The molecule has 0 unspecified atom stereocenters. The Morgan fingerprint density at radius 1 is 0.627 bits per heavy atom. The zero-order chi connectivity index (χ0) is 47.4. The Kier molecular flexibility index (Phi) is 11.7. The molecule has 4 aromatic carbocycles. The monoisotopic (exact) mass is 897 g/mol. The number of fused-ring (bicyclic) bond motifs is 4. The van der Waals surface area contributed by atoms with Crippen LogP contribution < -0.4 is 26.6 Å². The molecule has 0 saturated heterocycles. The zero-order valence-corrected chi connectivity index (χ0v) is 40.3. The molecule has 4 aromatic heterocycles. The molecule has 0 aliphatic carbocycles. The summed E-state index contributed by atoms with van der Waals surface area (Å²) in [5, 5.41) is 28.3. The number of carbonyl (C=O) groups is 1. The fourth-order valence-electron chi connectivity index (χ4n) is 9.61. The van der Waals surface area contributed by atoms with Gasteiger partial charge in [0.05, 0.1) is 16.3 Å². The van der Waals surface area contributed by atoms with Crippen LogP contribution in [0.4, 0.5) is 46.3 Å². The molecular formula is C52H60N14O. The fraction of sp³-hybridized carbons (Fsp3) is 0.327. The summed E-state index contributed by atoms with van der Waals surface area (Å²) in [4.78, 5) is 32.8. The average Bonchev–Trinajstić information content (AvgIpc) is 3.77. The van der Waals surface area contributed by atoms with Gasteiger partial charge in [-0.3, -0.25) is 4.79 Å². The number of nitrogens with one attached hydrogen (secondary N) is 5. The fourth-order valence-corrected chi connectivity index (χ4v) is 9.61. The van der Waals surface area contributed by atoms with Gasteiger partial charge in [-0.25, -0.2) is 19.3 Å². The number of benzene rings is 4. The number of anilines is 8. The molecule has 2 aliphatic rings. The Balaban J connectivity index is 0.000000169. The molecular weight excluding hydrogens is 837 g/mol. The van der Waals surface area contributed by atoms with Crippen molar-refractivity contribution in [2.75, 3.05) is 34.4 Å². The van der Waals surface area contributed by atoms with Crippen molar-refractivity contribution in [3.8, 4) is 0 Å². The van der Waals surface area contributed by atoms with E-state index in [2.05, 4.69) is 163 Å². The van der Waals surface area contributed by atoms with Crippen molar-refractivity contribution in [1.29, 1.82) is 0 Å². The molecule has 2 aliphatic heterocycles. The van der Waals surface area contributed by atoms with Crippen LogP contribution in [0.3, 0.4) is 0 Å². The van der Waals surface area contributed by atoms with Crippen molar-refractivity contribution in [3.63, 3.8) is 0 Å². The van der Waals surface area contributed by atoms with Gasteiger partial charge in [-0.15, -0.1) is 0 Å². The van der Waals surface area contributed by atoms with Gasteiger partial charge in [-0.1, -0.05) is 48.5 Å². The van der Waals surface area contributed by atoms with Crippen LogP contribution in [0.2, 0.25) is 0 Å². The third-order valence-electron chi connectivity index (χ3n) is 13.3. The SMILES string of the molecule is CC(=O)N1CCc2ccc(Nc3ncc4c(Nc5c(C)cccc5C)nn(C)c4n3)cc2C1(C)C.Cc1cccc(C)c1Nc1nn(C)c2nc(Nc3ccc4c(c3)C(C)(C)NCC4)ncc12. The highest BCUT2D eigenvalue weighted by molar-refractivity contribution is 5.91. The standard InChI is InChI=1S/C27H31N7O.C25H29N7/c1-16-8-7-9-17(2)23(16)30-24-21-15-28-26(31-25(21)33(6)32-24)29-20-11-10-19-12-13-34(18(3)35)27(4,5)22(19)14-20;1-15-7-6-8-16(2)21(15)29-22-19-14-26-24(30-23(19)32(5)31-22)28-18-10-9-17-11-12-27-25(3,4)20(17)13-18/h7-11,14-15H,12-13H2,1-6H3,(H,30,32)(H,28,29,31);6-10,13-14,27H,11-12H2,1-5H3,(H,29,31)(H,26,28,30). The van der Waals surface area contributed by atoms with Crippen molar-refractivity contribution < 1.29 is 4.79 Å². The second kappa shape index (κ2) is 17.4. The molecule has 344 valence electrons. The molecule has 15 nitrogen and oxygen atoms in total. The molecule has 1 amide bonds. The predicted molar refractivity (Wildman–Crippen MR) is 269 cm³/mol. The van der Waals surface area contributed by atoms with Crippen molar-refractivity contribution in [3.05, 3.63) is 130 Å². The van der Waals surface area contributed by atoms with Crippen LogP contribution in [0.15, 0.2) is 85.2 Å². The van der Waals surface area contributed by atoms with E-state index in [0.717, 1.165) is 99.1 Å². The van der Waals surface area contributed by atoms with E-state index in [1.165, 1.54) is 27.8 Å². The van der Waals surface area contributed by atoms with E-state index in [0.29, 0.717) is 11.9 Å². The first-order valence-electron chi connectivity index (χ1n) is 22.9. The van der Waals surface area contributed by atoms with Crippen LogP contribution >= 0.6 is 0 Å². The number of amides is 1. The normalized spacial score (nSPS) is 14.8. The Hall–Kier alpha value is -7.39. The minimum atomic E-state index is -0.377. The molecule has 0 atom stereocenters. The summed E-state index contributed by atoms with van der Waals surface area (Å²) >= 11 is 0. The summed E-state index contributed by atoms with van der Waals surface area (Å²) < 4.78 is 3.55. The van der Waals surface area contributed by atoms with Gasteiger partial charge in [-0.05, 0) is 144 Å². The molecule has 10 rings (SSSR count). The number of hydrogen-bond acceptors (Lipinski definition) is 12. The molecule has 67 heavy (non-hydrogen) atoms. The predicted octanol–water partition coefficient (Wildman–Crippen LogP) is 9.96. The number of aromatic nitrogens is 8. The Morgan fingerprint density at radius 2 is 1.09 bits per heavy atom. The maximum absolute atomic E-state index is 12.2. The summed E-state index contributed by atoms with van der Waals surface area (Å²) in [7, 11) is 3.79. The highest BCUT2D eigenvalue weighted by atomic mass is 16.2. The van der Waals surface area contributed by atoms with Gasteiger partial charge >= 0.3 is 0 Å². The van der Waals surface area contributed by atoms with E-state index < -0.39 is 0 Å². The quantitative estimate of drug-likeness (QED) is 0.0981. The highest BCUT2D eigenvalue weighted by Crippen LogP contribution is 2.38. The second-order valence-electron chi connectivity index (χ2n) is 18.9. The Morgan fingerprint density at radius 3 is 1.57 bits per heavy atom. The van der Waals surface area contributed by atoms with Gasteiger partial charge in [0.25, 0.3) is 0 Å². The second-order valence-corrected chi connectivity index (χ2v) is 18.9. The van der Waals surface area contributed by atoms with E-state index in [9.17, 15) is 4.79 Å². The van der Waals surface area contributed by atoms with Gasteiger partial charge in [0.2, 0.25) is 17.8 Å². The number of hydrogen-bond donors (Lipinski definition) is 5. The Bertz CT molecular complexity index is 3160. The average molecular weight is 897 g/mol.